The zero-order valence-electron chi connectivity index (χ0n) is 16.5. The number of carbonyl (C=O) groups is 2. The minimum atomic E-state index is -0.768. The average molecular weight is 385 g/mol. The molecule has 1 aliphatic heterocycles. The van der Waals surface area contributed by atoms with E-state index in [0.717, 1.165) is 24.3 Å². The second-order valence-corrected chi connectivity index (χ2v) is 7.50. The molecule has 1 fully saturated rings. The van der Waals surface area contributed by atoms with Gasteiger partial charge in [0.15, 0.2) is 5.76 Å². The molecule has 2 aromatic rings. The first kappa shape index (κ1) is 19.8. The van der Waals surface area contributed by atoms with E-state index in [4.69, 9.17) is 9.15 Å². The van der Waals surface area contributed by atoms with Crippen LogP contribution in [0, 0.1) is 0 Å². The molecule has 0 atom stereocenters. The summed E-state index contributed by atoms with van der Waals surface area (Å²) in [4.78, 5) is 26.9. The van der Waals surface area contributed by atoms with Crippen LogP contribution in [-0.4, -0.2) is 48.5 Å². The van der Waals surface area contributed by atoms with Gasteiger partial charge in [-0.2, -0.15) is 0 Å². The summed E-state index contributed by atoms with van der Waals surface area (Å²) in [6, 6.07) is 10.9. The lowest BCUT2D eigenvalue weighted by atomic mass is 10.00. The highest BCUT2D eigenvalue weighted by molar-refractivity contribution is 5.91. The van der Waals surface area contributed by atoms with E-state index in [1.54, 1.807) is 24.1 Å². The van der Waals surface area contributed by atoms with Crippen LogP contribution in [0.1, 0.15) is 37.2 Å². The number of methoxy groups -OCH3 is 1. The standard InChI is InChI=1S/C21H27N3O4/c1-21(2,23-16-6-8-17(27-3)9-7-16)20(26)22-15-10-12-24(13-11-15)19(25)18-5-4-14-28-18/h4-9,14-15,23H,10-13H2,1-3H3,(H,22,26). The molecular weight excluding hydrogens is 358 g/mol. The van der Waals surface area contributed by atoms with Crippen LogP contribution in [0.25, 0.3) is 0 Å². The molecule has 0 spiro atoms. The predicted molar refractivity (Wildman–Crippen MR) is 106 cm³/mol. The molecule has 1 aromatic carbocycles. The number of ether oxygens (including phenoxy) is 1. The van der Waals surface area contributed by atoms with E-state index in [2.05, 4.69) is 10.6 Å². The van der Waals surface area contributed by atoms with Crippen LogP contribution in [0.15, 0.2) is 47.1 Å². The van der Waals surface area contributed by atoms with Gasteiger partial charge in [-0.3, -0.25) is 9.59 Å². The summed E-state index contributed by atoms with van der Waals surface area (Å²) < 4.78 is 10.3. The molecule has 7 heteroatoms. The van der Waals surface area contributed by atoms with Crippen LogP contribution in [-0.2, 0) is 4.79 Å². The fourth-order valence-corrected chi connectivity index (χ4v) is 3.24. The minimum Gasteiger partial charge on any atom is -0.497 e. The van der Waals surface area contributed by atoms with Crippen molar-refractivity contribution in [2.75, 3.05) is 25.5 Å². The van der Waals surface area contributed by atoms with E-state index in [0.29, 0.717) is 18.8 Å². The largest absolute Gasteiger partial charge is 0.497 e. The number of piperidine rings is 1. The summed E-state index contributed by atoms with van der Waals surface area (Å²) in [7, 11) is 1.62. The van der Waals surface area contributed by atoms with Crippen molar-refractivity contribution < 1.29 is 18.7 Å². The topological polar surface area (TPSA) is 83.8 Å². The Labute approximate surface area is 165 Å². The van der Waals surface area contributed by atoms with E-state index in [1.165, 1.54) is 6.26 Å². The molecule has 0 bridgehead atoms. The highest BCUT2D eigenvalue weighted by atomic mass is 16.5. The summed E-state index contributed by atoms with van der Waals surface area (Å²) in [5, 5.41) is 6.37. The van der Waals surface area contributed by atoms with E-state index in [1.807, 2.05) is 38.1 Å². The number of anilines is 1. The molecule has 1 saturated heterocycles. The molecular formula is C21H27N3O4. The highest BCUT2D eigenvalue weighted by Gasteiger charge is 2.31. The summed E-state index contributed by atoms with van der Waals surface area (Å²) in [5.41, 5.74) is 0.0789. The smallest absolute Gasteiger partial charge is 0.289 e. The Morgan fingerprint density at radius 1 is 1.14 bits per heavy atom. The molecule has 28 heavy (non-hydrogen) atoms. The Hall–Kier alpha value is -2.96. The van der Waals surface area contributed by atoms with Crippen molar-refractivity contribution in [1.29, 1.82) is 0 Å². The van der Waals surface area contributed by atoms with Crippen LogP contribution < -0.4 is 15.4 Å². The molecule has 2 heterocycles. The van der Waals surface area contributed by atoms with E-state index < -0.39 is 5.54 Å². The number of benzene rings is 1. The quantitative estimate of drug-likeness (QED) is 0.799. The summed E-state index contributed by atoms with van der Waals surface area (Å²) >= 11 is 0. The number of carbonyl (C=O) groups excluding carboxylic acids is 2. The van der Waals surface area contributed by atoms with Crippen LogP contribution in [0.2, 0.25) is 0 Å². The number of hydrogen-bond donors (Lipinski definition) is 2. The molecule has 3 rings (SSSR count). The molecule has 0 unspecified atom stereocenters. The van der Waals surface area contributed by atoms with Crippen molar-refractivity contribution >= 4 is 17.5 Å². The number of furan rings is 1. The van der Waals surface area contributed by atoms with Crippen LogP contribution in [0.3, 0.4) is 0 Å². The van der Waals surface area contributed by atoms with Gasteiger partial charge in [0.05, 0.1) is 13.4 Å². The van der Waals surface area contributed by atoms with Gasteiger partial charge in [0.2, 0.25) is 5.91 Å². The first-order chi connectivity index (χ1) is 13.4. The van der Waals surface area contributed by atoms with Gasteiger partial charge < -0.3 is 24.7 Å². The van der Waals surface area contributed by atoms with Gasteiger partial charge in [-0.1, -0.05) is 0 Å². The summed E-state index contributed by atoms with van der Waals surface area (Å²) in [5.74, 6) is 0.950. The first-order valence-corrected chi connectivity index (χ1v) is 9.45. The summed E-state index contributed by atoms with van der Waals surface area (Å²) in [6.07, 6.45) is 2.94. The monoisotopic (exact) mass is 385 g/mol. The van der Waals surface area contributed by atoms with Gasteiger partial charge in [0.1, 0.15) is 11.3 Å². The molecule has 1 aromatic heterocycles. The van der Waals surface area contributed by atoms with Crippen molar-refractivity contribution in [3.05, 3.63) is 48.4 Å². The molecule has 1 aliphatic rings. The third-order valence-corrected chi connectivity index (χ3v) is 4.96. The Balaban J connectivity index is 1.50. The molecule has 150 valence electrons. The van der Waals surface area contributed by atoms with Gasteiger partial charge in [0.25, 0.3) is 5.91 Å². The van der Waals surface area contributed by atoms with Crippen molar-refractivity contribution in [1.82, 2.24) is 10.2 Å². The molecule has 0 aliphatic carbocycles. The van der Waals surface area contributed by atoms with Crippen molar-refractivity contribution in [2.24, 2.45) is 0 Å². The lowest BCUT2D eigenvalue weighted by Crippen LogP contribution is -2.54. The van der Waals surface area contributed by atoms with Crippen LogP contribution in [0.5, 0.6) is 5.75 Å². The van der Waals surface area contributed by atoms with Crippen molar-refractivity contribution in [3.8, 4) is 5.75 Å². The normalized spacial score (nSPS) is 15.2. The Bertz CT molecular complexity index is 792. The maximum atomic E-state index is 12.8. The fraction of sp³-hybridized carbons (Fsp3) is 0.429. The minimum absolute atomic E-state index is 0.0464. The van der Waals surface area contributed by atoms with Gasteiger partial charge >= 0.3 is 0 Å². The second kappa shape index (κ2) is 8.37. The SMILES string of the molecule is COc1ccc(NC(C)(C)C(=O)NC2CCN(C(=O)c3ccco3)CC2)cc1. The maximum absolute atomic E-state index is 12.8. The Kier molecular flexibility index (Phi) is 5.92. The molecule has 2 N–H and O–H groups in total. The maximum Gasteiger partial charge on any atom is 0.289 e. The Morgan fingerprint density at radius 3 is 2.39 bits per heavy atom. The number of likely N-dealkylation sites (tertiary alicyclic amines) is 1. The van der Waals surface area contributed by atoms with E-state index in [9.17, 15) is 9.59 Å². The average Bonchev–Trinajstić information content (AvgIpc) is 3.23. The summed E-state index contributed by atoms with van der Waals surface area (Å²) in [6.45, 7) is 4.89. The number of nitrogens with zero attached hydrogens (tertiary/aromatic N) is 1. The first-order valence-electron chi connectivity index (χ1n) is 9.45. The van der Waals surface area contributed by atoms with Crippen LogP contribution in [0.4, 0.5) is 5.69 Å². The second-order valence-electron chi connectivity index (χ2n) is 7.50. The van der Waals surface area contributed by atoms with Gasteiger partial charge in [-0.05, 0) is 63.1 Å². The lowest BCUT2D eigenvalue weighted by Gasteiger charge is -2.34. The van der Waals surface area contributed by atoms with Crippen LogP contribution >= 0.6 is 0 Å². The zero-order valence-corrected chi connectivity index (χ0v) is 16.5. The van der Waals surface area contributed by atoms with E-state index in [-0.39, 0.29) is 17.9 Å². The zero-order chi connectivity index (χ0) is 20.1. The number of amides is 2. The lowest BCUT2D eigenvalue weighted by molar-refractivity contribution is -0.125. The molecule has 0 radical (unpaired) electrons. The van der Waals surface area contributed by atoms with Crippen molar-refractivity contribution in [2.45, 2.75) is 38.3 Å². The molecule has 0 saturated carbocycles. The number of nitrogens with one attached hydrogen (secondary N) is 2. The third-order valence-electron chi connectivity index (χ3n) is 4.96. The van der Waals surface area contributed by atoms with Gasteiger partial charge in [0, 0.05) is 24.8 Å². The predicted octanol–water partition coefficient (Wildman–Crippen LogP) is 2.90. The Morgan fingerprint density at radius 2 is 1.82 bits per heavy atom. The van der Waals surface area contributed by atoms with E-state index >= 15 is 0 Å². The molecule has 2 amide bonds. The molecule has 7 nitrogen and oxygen atoms in total. The third kappa shape index (κ3) is 4.65. The van der Waals surface area contributed by atoms with Gasteiger partial charge in [-0.15, -0.1) is 0 Å². The number of hydrogen-bond acceptors (Lipinski definition) is 5. The van der Waals surface area contributed by atoms with Gasteiger partial charge in [-0.25, -0.2) is 0 Å². The van der Waals surface area contributed by atoms with Crippen molar-refractivity contribution in [3.63, 3.8) is 0 Å². The number of rotatable bonds is 6. The fourth-order valence-electron chi connectivity index (χ4n) is 3.24. The highest BCUT2D eigenvalue weighted by Crippen LogP contribution is 2.20.